The number of nitrogens with one attached hydrogen (secondary N) is 1. The van der Waals surface area contributed by atoms with Crippen LogP contribution in [0.4, 0.5) is 4.39 Å². The summed E-state index contributed by atoms with van der Waals surface area (Å²) in [5, 5.41) is 0. The van der Waals surface area contributed by atoms with Crippen LogP contribution in [-0.2, 0) is 9.30 Å². The van der Waals surface area contributed by atoms with E-state index >= 15 is 0 Å². The number of aromatic nitrogens is 2. The molecule has 116 valence electrons. The maximum atomic E-state index is 14.0. The molecule has 1 aliphatic carbocycles. The fourth-order valence-corrected chi connectivity index (χ4v) is 2.58. The van der Waals surface area contributed by atoms with E-state index in [0.717, 1.165) is 16.7 Å². The molecular formula is C11H14FN2O6P. The van der Waals surface area contributed by atoms with Crippen molar-refractivity contribution in [1.29, 1.82) is 0 Å². The Bertz CT molecular complexity index is 735. The van der Waals surface area contributed by atoms with Crippen LogP contribution in [0.15, 0.2) is 33.8 Å². The number of aromatic amines is 1. The minimum atomic E-state index is -4.43. The van der Waals surface area contributed by atoms with Crippen LogP contribution in [0.3, 0.4) is 0 Å². The van der Waals surface area contributed by atoms with Crippen molar-refractivity contribution >= 4 is 7.60 Å². The van der Waals surface area contributed by atoms with Gasteiger partial charge in [0, 0.05) is 18.7 Å². The largest absolute Gasteiger partial charge is 0.355 e. The molecule has 0 bridgehead atoms. The summed E-state index contributed by atoms with van der Waals surface area (Å²) in [5.41, 5.74) is -2.79. The van der Waals surface area contributed by atoms with Crippen LogP contribution in [0, 0.1) is 0 Å². The molecule has 0 spiro atoms. The van der Waals surface area contributed by atoms with E-state index in [2.05, 4.69) is 0 Å². The summed E-state index contributed by atoms with van der Waals surface area (Å²) < 4.78 is 30.9. The summed E-state index contributed by atoms with van der Waals surface area (Å²) >= 11 is 0. The maximum absolute atomic E-state index is 14.0. The van der Waals surface area contributed by atoms with E-state index in [1.54, 1.807) is 0 Å². The Morgan fingerprint density at radius 3 is 2.81 bits per heavy atom. The normalized spacial score (nSPS) is 25.9. The van der Waals surface area contributed by atoms with Gasteiger partial charge in [-0.15, -0.1) is 0 Å². The van der Waals surface area contributed by atoms with Crippen molar-refractivity contribution in [2.75, 3.05) is 6.35 Å². The first-order valence-corrected chi connectivity index (χ1v) is 7.78. The molecule has 0 aliphatic heterocycles. The second-order valence-electron chi connectivity index (χ2n) is 4.97. The van der Waals surface area contributed by atoms with Crippen LogP contribution < -0.4 is 11.2 Å². The monoisotopic (exact) mass is 320 g/mol. The number of rotatable bonds is 4. The van der Waals surface area contributed by atoms with Gasteiger partial charge >= 0.3 is 13.3 Å². The molecule has 10 heteroatoms. The highest BCUT2D eigenvalue weighted by atomic mass is 31.2. The van der Waals surface area contributed by atoms with Gasteiger partial charge in [-0.05, 0) is 13.0 Å². The van der Waals surface area contributed by atoms with Gasteiger partial charge in [-0.1, -0.05) is 0 Å². The SMILES string of the molecule is C[C@]1(OCP(=O)(O)O)CC(n2ccc(=O)[nH]c2=O)C=C1F. The standard InChI is InChI=1S/C11H14FN2O6P/c1-11(20-6-21(17,18)19)5-7(4-8(11)12)14-3-2-9(15)13-10(14)16/h2-4,7H,5-6H2,1H3,(H,13,15,16)(H2,17,18,19)/t7?,11-/m0/s1. The molecule has 0 saturated heterocycles. The first-order valence-electron chi connectivity index (χ1n) is 5.98. The quantitative estimate of drug-likeness (QED) is 0.684. The number of hydrogen-bond donors (Lipinski definition) is 3. The van der Waals surface area contributed by atoms with Gasteiger partial charge in [-0.3, -0.25) is 18.9 Å². The molecule has 8 nitrogen and oxygen atoms in total. The Morgan fingerprint density at radius 1 is 1.57 bits per heavy atom. The highest BCUT2D eigenvalue weighted by Crippen LogP contribution is 2.43. The highest BCUT2D eigenvalue weighted by Gasteiger charge is 2.41. The summed E-state index contributed by atoms with van der Waals surface area (Å²) in [6, 6.07) is 0.412. The van der Waals surface area contributed by atoms with E-state index in [1.807, 2.05) is 4.98 Å². The van der Waals surface area contributed by atoms with Crippen molar-refractivity contribution in [3.8, 4) is 0 Å². The summed E-state index contributed by atoms with van der Waals surface area (Å²) in [6.07, 6.45) is 1.41. The van der Waals surface area contributed by atoms with E-state index in [4.69, 9.17) is 14.5 Å². The van der Waals surface area contributed by atoms with Gasteiger partial charge in [0.25, 0.3) is 5.56 Å². The van der Waals surface area contributed by atoms with E-state index in [0.29, 0.717) is 0 Å². The van der Waals surface area contributed by atoms with Crippen molar-refractivity contribution in [1.82, 2.24) is 9.55 Å². The summed E-state index contributed by atoms with van der Waals surface area (Å²) in [4.78, 5) is 42.3. The average molecular weight is 320 g/mol. The number of H-pyrrole nitrogens is 1. The van der Waals surface area contributed by atoms with Gasteiger partial charge in [-0.25, -0.2) is 9.18 Å². The Balaban J connectivity index is 2.23. The fourth-order valence-electron chi connectivity index (χ4n) is 2.12. The lowest BCUT2D eigenvalue weighted by Gasteiger charge is -2.25. The third-order valence-corrected chi connectivity index (χ3v) is 3.67. The first-order chi connectivity index (χ1) is 9.61. The van der Waals surface area contributed by atoms with E-state index < -0.39 is 42.7 Å². The number of allylic oxidation sites excluding steroid dienone is 1. The molecule has 0 saturated carbocycles. The minimum Gasteiger partial charge on any atom is -0.355 e. The van der Waals surface area contributed by atoms with Gasteiger partial charge in [0.05, 0.1) is 6.04 Å². The van der Waals surface area contributed by atoms with Crippen molar-refractivity contribution in [2.24, 2.45) is 0 Å². The number of halogens is 1. The molecule has 1 aromatic rings. The molecule has 2 atom stereocenters. The Kier molecular flexibility index (Phi) is 4.03. The van der Waals surface area contributed by atoms with Crippen molar-refractivity contribution in [2.45, 2.75) is 25.0 Å². The van der Waals surface area contributed by atoms with E-state index in [9.17, 15) is 18.5 Å². The zero-order valence-electron chi connectivity index (χ0n) is 11.0. The highest BCUT2D eigenvalue weighted by molar-refractivity contribution is 7.51. The molecule has 1 aromatic heterocycles. The minimum absolute atomic E-state index is 0.0230. The van der Waals surface area contributed by atoms with E-state index in [-0.39, 0.29) is 6.42 Å². The molecule has 1 heterocycles. The van der Waals surface area contributed by atoms with Gasteiger partial charge in [-0.2, -0.15) is 0 Å². The molecular weight excluding hydrogens is 306 g/mol. The van der Waals surface area contributed by atoms with Crippen LogP contribution in [0.25, 0.3) is 0 Å². The summed E-state index contributed by atoms with van der Waals surface area (Å²) in [6.45, 7) is 1.34. The molecule has 2 rings (SSSR count). The van der Waals surface area contributed by atoms with Crippen LogP contribution >= 0.6 is 7.60 Å². The number of ether oxygens (including phenoxy) is 1. The lowest BCUT2D eigenvalue weighted by Crippen LogP contribution is -2.33. The van der Waals surface area contributed by atoms with Crippen molar-refractivity contribution in [3.63, 3.8) is 0 Å². The molecule has 0 amide bonds. The number of hydrogen-bond acceptors (Lipinski definition) is 4. The summed E-state index contributed by atoms with van der Waals surface area (Å²) in [5.74, 6) is -0.723. The smallest absolute Gasteiger partial charge is 0.351 e. The molecule has 1 unspecified atom stereocenters. The van der Waals surface area contributed by atoms with Crippen LogP contribution in [0.1, 0.15) is 19.4 Å². The third kappa shape index (κ3) is 3.56. The van der Waals surface area contributed by atoms with E-state index in [1.165, 1.54) is 13.1 Å². The van der Waals surface area contributed by atoms with Gasteiger partial charge in [0.1, 0.15) is 17.8 Å². The molecule has 21 heavy (non-hydrogen) atoms. The molecule has 0 radical (unpaired) electrons. The lowest BCUT2D eigenvalue weighted by molar-refractivity contribution is -0.00254. The fraction of sp³-hybridized carbons (Fsp3) is 0.455. The summed E-state index contributed by atoms with van der Waals surface area (Å²) in [7, 11) is -4.43. The second kappa shape index (κ2) is 5.34. The maximum Gasteiger partial charge on any atom is 0.351 e. The first kappa shape index (κ1) is 15.8. The topological polar surface area (TPSA) is 122 Å². The van der Waals surface area contributed by atoms with Gasteiger partial charge in [0.2, 0.25) is 0 Å². The molecule has 0 fully saturated rings. The zero-order valence-corrected chi connectivity index (χ0v) is 11.9. The second-order valence-corrected chi connectivity index (χ2v) is 6.56. The Morgan fingerprint density at radius 2 is 2.24 bits per heavy atom. The third-order valence-electron chi connectivity index (χ3n) is 3.20. The molecule has 3 N–H and O–H groups in total. The van der Waals surface area contributed by atoms with Gasteiger partial charge in [0.15, 0.2) is 0 Å². The van der Waals surface area contributed by atoms with Crippen molar-refractivity contribution < 1.29 is 23.5 Å². The lowest BCUT2D eigenvalue weighted by atomic mass is 10.0. The average Bonchev–Trinajstić information content (AvgIpc) is 2.63. The van der Waals surface area contributed by atoms with Crippen LogP contribution in [0.5, 0.6) is 0 Å². The molecule has 0 aromatic carbocycles. The van der Waals surface area contributed by atoms with Crippen LogP contribution in [0.2, 0.25) is 0 Å². The van der Waals surface area contributed by atoms with Gasteiger partial charge < -0.3 is 14.5 Å². The van der Waals surface area contributed by atoms with Crippen LogP contribution in [-0.4, -0.2) is 31.3 Å². The Labute approximate surface area is 118 Å². The molecule has 1 aliphatic rings. The van der Waals surface area contributed by atoms with Crippen molar-refractivity contribution in [3.05, 3.63) is 45.0 Å². The Hall–Kier alpha value is -1.54. The zero-order chi connectivity index (χ0) is 15.8. The predicted octanol–water partition coefficient (Wildman–Crippen LogP) is 0.245. The number of nitrogens with zero attached hydrogens (tertiary/aromatic N) is 1. The predicted molar refractivity (Wildman–Crippen MR) is 70.6 cm³/mol.